The van der Waals surface area contributed by atoms with E-state index >= 15 is 0 Å². The van der Waals surface area contributed by atoms with Gasteiger partial charge in [0.1, 0.15) is 18.1 Å². The highest BCUT2D eigenvalue weighted by atomic mass is 32.2. The topological polar surface area (TPSA) is 142 Å². The number of benzene rings is 3. The molecule has 2 heterocycles. The lowest BCUT2D eigenvalue weighted by Gasteiger charge is -2.24. The lowest BCUT2D eigenvalue weighted by Crippen LogP contribution is -2.18. The Morgan fingerprint density at radius 1 is 1.00 bits per heavy atom. The van der Waals surface area contributed by atoms with Crippen molar-refractivity contribution in [3.8, 4) is 22.8 Å². The molecule has 3 aromatic carbocycles. The molecule has 2 N–H and O–H groups in total. The summed E-state index contributed by atoms with van der Waals surface area (Å²) in [7, 11) is -0.292. The molecule has 0 saturated carbocycles. The third-order valence-electron chi connectivity index (χ3n) is 7.60. The summed E-state index contributed by atoms with van der Waals surface area (Å²) in [4.78, 5) is 18.1. The van der Waals surface area contributed by atoms with Crippen molar-refractivity contribution in [2.75, 3.05) is 23.4 Å². The van der Waals surface area contributed by atoms with E-state index in [2.05, 4.69) is 25.3 Å². The van der Waals surface area contributed by atoms with Crippen LogP contribution >= 0.6 is 0 Å². The first-order valence-corrected chi connectivity index (χ1v) is 16.8. The highest BCUT2D eigenvalue weighted by molar-refractivity contribution is 7.92. The monoisotopic (exact) mass is 657 g/mol. The van der Waals surface area contributed by atoms with Crippen molar-refractivity contribution in [2.45, 2.75) is 46.3 Å². The summed E-state index contributed by atoms with van der Waals surface area (Å²) in [6, 6.07) is 18.7. The summed E-state index contributed by atoms with van der Waals surface area (Å²) >= 11 is 0. The molecule has 0 aliphatic carbocycles. The Bertz CT molecular complexity index is 2010. The SMILES string of the molecule is COc1c(NC(=O)c2ccc(C)c(-n3cc(-c4cnc(COCc5ccccc5)n4C)nn3)c2)cc(C(C)(C)C)cc1NS(C)(=O)=O. The predicted octanol–water partition coefficient (Wildman–Crippen LogP) is 5.62. The van der Waals surface area contributed by atoms with E-state index in [-0.39, 0.29) is 16.9 Å². The van der Waals surface area contributed by atoms with Gasteiger partial charge in [-0.2, -0.15) is 0 Å². The number of sulfonamides is 1. The first-order chi connectivity index (χ1) is 22.2. The molecule has 5 rings (SSSR count). The number of nitrogens with zero attached hydrogens (tertiary/aromatic N) is 5. The van der Waals surface area contributed by atoms with Gasteiger partial charge in [0.25, 0.3) is 5.91 Å². The molecule has 0 fully saturated rings. The maximum atomic E-state index is 13.6. The van der Waals surface area contributed by atoms with Crippen LogP contribution in [-0.2, 0) is 40.4 Å². The van der Waals surface area contributed by atoms with Crippen LogP contribution in [0.15, 0.2) is 73.1 Å². The van der Waals surface area contributed by atoms with Gasteiger partial charge >= 0.3 is 0 Å². The van der Waals surface area contributed by atoms with Crippen molar-refractivity contribution in [1.29, 1.82) is 0 Å². The van der Waals surface area contributed by atoms with Crippen LogP contribution < -0.4 is 14.8 Å². The molecule has 13 heteroatoms. The maximum Gasteiger partial charge on any atom is 0.255 e. The minimum absolute atomic E-state index is 0.200. The van der Waals surface area contributed by atoms with Gasteiger partial charge in [-0.05, 0) is 53.3 Å². The van der Waals surface area contributed by atoms with Crippen LogP contribution in [0.25, 0.3) is 17.1 Å². The first-order valence-electron chi connectivity index (χ1n) is 14.9. The number of carbonyl (C=O) groups excluding carboxylic acids is 1. The molecule has 2 aromatic heterocycles. The van der Waals surface area contributed by atoms with Crippen molar-refractivity contribution in [3.63, 3.8) is 0 Å². The van der Waals surface area contributed by atoms with Crippen LogP contribution in [0.5, 0.6) is 5.75 Å². The van der Waals surface area contributed by atoms with E-state index in [1.807, 2.05) is 75.7 Å². The Kier molecular flexibility index (Phi) is 9.50. The van der Waals surface area contributed by atoms with E-state index in [0.29, 0.717) is 35.8 Å². The summed E-state index contributed by atoms with van der Waals surface area (Å²) in [5.41, 5.74) is 5.41. The van der Waals surface area contributed by atoms with Crippen molar-refractivity contribution >= 4 is 27.3 Å². The Labute approximate surface area is 274 Å². The largest absolute Gasteiger partial charge is 0.492 e. The van der Waals surface area contributed by atoms with E-state index < -0.39 is 15.9 Å². The average Bonchev–Trinajstić information content (AvgIpc) is 3.63. The fourth-order valence-corrected chi connectivity index (χ4v) is 5.55. The van der Waals surface area contributed by atoms with Crippen LogP contribution in [0, 0.1) is 6.92 Å². The second kappa shape index (κ2) is 13.4. The number of aryl methyl sites for hydroxylation is 1. The van der Waals surface area contributed by atoms with Crippen molar-refractivity contribution in [2.24, 2.45) is 7.05 Å². The fraction of sp³-hybridized carbons (Fsp3) is 0.294. The summed E-state index contributed by atoms with van der Waals surface area (Å²) in [6.45, 7) is 8.73. The lowest BCUT2D eigenvalue weighted by molar-refractivity contribution is 0.100. The van der Waals surface area contributed by atoms with E-state index in [1.165, 1.54) is 7.11 Å². The third kappa shape index (κ3) is 7.87. The Morgan fingerprint density at radius 2 is 1.72 bits per heavy atom. The number of imidazole rings is 1. The van der Waals surface area contributed by atoms with E-state index in [9.17, 15) is 13.2 Å². The number of nitrogens with one attached hydrogen (secondary N) is 2. The number of hydrogen-bond acceptors (Lipinski definition) is 8. The van der Waals surface area contributed by atoms with Gasteiger partial charge in [0.05, 0.1) is 55.1 Å². The Balaban J connectivity index is 1.38. The molecule has 0 saturated heterocycles. The van der Waals surface area contributed by atoms with Gasteiger partial charge in [0.2, 0.25) is 10.0 Å². The van der Waals surface area contributed by atoms with Crippen molar-refractivity contribution in [3.05, 3.63) is 101 Å². The molecule has 5 aromatic rings. The lowest BCUT2D eigenvalue weighted by atomic mass is 9.86. The molecule has 0 aliphatic heterocycles. The number of rotatable bonds is 11. The minimum atomic E-state index is -3.61. The Hall–Kier alpha value is -5.01. The first kappa shape index (κ1) is 33.4. The minimum Gasteiger partial charge on any atom is -0.492 e. The van der Waals surface area contributed by atoms with Crippen LogP contribution in [0.1, 0.15) is 53.6 Å². The number of amides is 1. The fourth-order valence-electron chi connectivity index (χ4n) is 5.00. The quantitative estimate of drug-likeness (QED) is 0.186. The zero-order valence-corrected chi connectivity index (χ0v) is 28.3. The standard InChI is InChI=1S/C34H39N7O5S/c1-22-13-14-24(33(42)36-26-16-25(34(2,3)4)17-27(32(26)45-6)38-47(7,43)44)15-29(22)41-19-28(37-39-41)30-18-35-31(40(30)5)21-46-20-23-11-9-8-10-12-23/h8-19,38H,20-21H2,1-7H3,(H,36,42). The summed E-state index contributed by atoms with van der Waals surface area (Å²) < 4.78 is 41.7. The number of methoxy groups -OCH3 is 1. The van der Waals surface area contributed by atoms with Gasteiger partial charge in [-0.1, -0.05) is 62.4 Å². The number of anilines is 2. The summed E-state index contributed by atoms with van der Waals surface area (Å²) in [6.07, 6.45) is 4.58. The molecule has 47 heavy (non-hydrogen) atoms. The van der Waals surface area contributed by atoms with Crippen molar-refractivity contribution in [1.82, 2.24) is 24.5 Å². The maximum absolute atomic E-state index is 13.6. The van der Waals surface area contributed by atoms with E-state index in [4.69, 9.17) is 9.47 Å². The zero-order valence-electron chi connectivity index (χ0n) is 27.5. The normalized spacial score (nSPS) is 11.8. The molecule has 246 valence electrons. The molecule has 0 atom stereocenters. The molecule has 0 radical (unpaired) electrons. The second-order valence-corrected chi connectivity index (χ2v) is 14.1. The van der Waals surface area contributed by atoms with Crippen LogP contribution in [0.2, 0.25) is 0 Å². The molecule has 0 bridgehead atoms. The smallest absolute Gasteiger partial charge is 0.255 e. The number of ether oxygens (including phenoxy) is 2. The number of carbonyl (C=O) groups is 1. The van der Waals surface area contributed by atoms with Crippen LogP contribution in [0.4, 0.5) is 11.4 Å². The summed E-state index contributed by atoms with van der Waals surface area (Å²) in [5, 5.41) is 11.6. The molecule has 12 nitrogen and oxygen atoms in total. The molecule has 0 unspecified atom stereocenters. The highest BCUT2D eigenvalue weighted by Gasteiger charge is 2.23. The predicted molar refractivity (Wildman–Crippen MR) is 181 cm³/mol. The van der Waals surface area contributed by atoms with E-state index in [1.54, 1.807) is 41.3 Å². The van der Waals surface area contributed by atoms with Gasteiger partial charge in [-0.15, -0.1) is 5.10 Å². The third-order valence-corrected chi connectivity index (χ3v) is 8.19. The zero-order chi connectivity index (χ0) is 33.9. The van der Waals surface area contributed by atoms with Gasteiger partial charge < -0.3 is 19.4 Å². The van der Waals surface area contributed by atoms with Crippen LogP contribution in [0.3, 0.4) is 0 Å². The highest BCUT2D eigenvalue weighted by Crippen LogP contribution is 2.39. The summed E-state index contributed by atoms with van der Waals surface area (Å²) in [5.74, 6) is 0.542. The molecule has 0 aliphatic rings. The van der Waals surface area contributed by atoms with Crippen LogP contribution in [-0.4, -0.2) is 52.2 Å². The van der Waals surface area contributed by atoms with Gasteiger partial charge in [-0.25, -0.2) is 18.1 Å². The van der Waals surface area contributed by atoms with Crippen molar-refractivity contribution < 1.29 is 22.7 Å². The van der Waals surface area contributed by atoms with Gasteiger partial charge in [0.15, 0.2) is 5.75 Å². The molecule has 0 spiro atoms. The second-order valence-electron chi connectivity index (χ2n) is 12.3. The molecular formula is C34H39N7O5S. The molecule has 1 amide bonds. The van der Waals surface area contributed by atoms with Gasteiger partial charge in [-0.3, -0.25) is 9.52 Å². The molecular weight excluding hydrogens is 618 g/mol. The van der Waals surface area contributed by atoms with Gasteiger partial charge in [0, 0.05) is 12.6 Å². The number of hydrogen-bond donors (Lipinski definition) is 2. The average molecular weight is 658 g/mol. The number of aromatic nitrogens is 5. The Morgan fingerprint density at radius 3 is 2.40 bits per heavy atom. The van der Waals surface area contributed by atoms with E-state index in [0.717, 1.165) is 34.5 Å².